The van der Waals surface area contributed by atoms with Crippen LogP contribution in [0.5, 0.6) is 0 Å². The number of likely N-dealkylation sites (N-methyl/N-ethyl adjacent to an activating group) is 1. The molecule has 0 aromatic carbocycles. The number of nitrogens with two attached hydrogens (primary N) is 1. The van der Waals surface area contributed by atoms with Gasteiger partial charge in [-0.15, -0.1) is 0 Å². The summed E-state index contributed by atoms with van der Waals surface area (Å²) in [6.07, 6.45) is 6.14. The van der Waals surface area contributed by atoms with E-state index in [9.17, 15) is 0 Å². The predicted octanol–water partition coefficient (Wildman–Crippen LogP) is 1.82. The maximum absolute atomic E-state index is 5.95. The van der Waals surface area contributed by atoms with Gasteiger partial charge in [0.25, 0.3) is 0 Å². The van der Waals surface area contributed by atoms with Gasteiger partial charge in [0.05, 0.1) is 0 Å². The fourth-order valence-corrected chi connectivity index (χ4v) is 3.09. The summed E-state index contributed by atoms with van der Waals surface area (Å²) in [6, 6.07) is 1.74. The fourth-order valence-electron chi connectivity index (χ4n) is 3.09. The van der Waals surface area contributed by atoms with Crippen molar-refractivity contribution in [3.05, 3.63) is 0 Å². The van der Waals surface area contributed by atoms with Crippen molar-refractivity contribution in [3.8, 4) is 0 Å². The van der Waals surface area contributed by atoms with E-state index in [1.54, 1.807) is 0 Å². The van der Waals surface area contributed by atoms with E-state index < -0.39 is 0 Å². The first kappa shape index (κ1) is 14.9. The second-order valence-corrected chi connectivity index (χ2v) is 5.79. The molecule has 0 saturated heterocycles. The van der Waals surface area contributed by atoms with Crippen molar-refractivity contribution in [2.24, 2.45) is 11.7 Å². The van der Waals surface area contributed by atoms with Gasteiger partial charge in [-0.2, -0.15) is 0 Å². The zero-order valence-corrected chi connectivity index (χ0v) is 12.1. The van der Waals surface area contributed by atoms with E-state index in [4.69, 9.17) is 5.73 Å². The van der Waals surface area contributed by atoms with Gasteiger partial charge in [0.2, 0.25) is 0 Å². The predicted molar refractivity (Wildman–Crippen MR) is 75.2 cm³/mol. The highest BCUT2D eigenvalue weighted by molar-refractivity contribution is 4.85. The zero-order valence-electron chi connectivity index (χ0n) is 12.1. The highest BCUT2D eigenvalue weighted by atomic mass is 15.1. The van der Waals surface area contributed by atoms with Gasteiger partial charge in [-0.1, -0.05) is 26.7 Å². The van der Waals surface area contributed by atoms with E-state index in [0.717, 1.165) is 18.9 Å². The molecular weight excluding hydrogens is 210 g/mol. The first-order valence-corrected chi connectivity index (χ1v) is 7.23. The van der Waals surface area contributed by atoms with E-state index >= 15 is 0 Å². The minimum Gasteiger partial charge on any atom is -0.328 e. The Morgan fingerprint density at radius 1 is 1.24 bits per heavy atom. The molecule has 3 N–H and O–H groups in total. The van der Waals surface area contributed by atoms with E-state index in [2.05, 4.69) is 38.2 Å². The molecule has 1 saturated carbocycles. The number of hydrogen-bond acceptors (Lipinski definition) is 3. The maximum Gasteiger partial charge on any atom is 0.0242 e. The van der Waals surface area contributed by atoms with Crippen LogP contribution in [-0.2, 0) is 0 Å². The molecule has 0 heterocycles. The van der Waals surface area contributed by atoms with Crippen LogP contribution in [0.1, 0.15) is 46.0 Å². The summed E-state index contributed by atoms with van der Waals surface area (Å²) in [5.74, 6) is 0.799. The third-order valence-corrected chi connectivity index (χ3v) is 4.35. The summed E-state index contributed by atoms with van der Waals surface area (Å²) >= 11 is 0. The van der Waals surface area contributed by atoms with Crippen molar-refractivity contribution < 1.29 is 0 Å². The van der Waals surface area contributed by atoms with Crippen LogP contribution in [0.4, 0.5) is 0 Å². The molecule has 1 aliphatic rings. The molecule has 17 heavy (non-hydrogen) atoms. The number of rotatable bonds is 7. The topological polar surface area (TPSA) is 41.3 Å². The van der Waals surface area contributed by atoms with E-state index in [-0.39, 0.29) is 0 Å². The van der Waals surface area contributed by atoms with Crippen LogP contribution in [0.3, 0.4) is 0 Å². The Balaban J connectivity index is 2.38. The molecular formula is C14H31N3. The van der Waals surface area contributed by atoms with Crippen LogP contribution in [-0.4, -0.2) is 43.7 Å². The average Bonchev–Trinajstić information content (AvgIpc) is 2.70. The normalized spacial score (nSPS) is 27.0. The molecule has 3 atom stereocenters. The van der Waals surface area contributed by atoms with Crippen LogP contribution < -0.4 is 11.1 Å². The number of hydrogen-bond donors (Lipinski definition) is 2. The van der Waals surface area contributed by atoms with Gasteiger partial charge in [0.1, 0.15) is 0 Å². The summed E-state index contributed by atoms with van der Waals surface area (Å²) in [5.41, 5.74) is 5.95. The minimum atomic E-state index is 0.429. The van der Waals surface area contributed by atoms with Crippen molar-refractivity contribution in [1.29, 1.82) is 0 Å². The quantitative estimate of drug-likeness (QED) is 0.714. The molecule has 0 bridgehead atoms. The highest BCUT2D eigenvalue weighted by Gasteiger charge is 2.25. The van der Waals surface area contributed by atoms with Gasteiger partial charge >= 0.3 is 0 Å². The van der Waals surface area contributed by atoms with Gasteiger partial charge in [-0.3, -0.25) is 0 Å². The van der Waals surface area contributed by atoms with Crippen molar-refractivity contribution >= 4 is 0 Å². The molecule has 0 aromatic heterocycles. The summed E-state index contributed by atoms with van der Waals surface area (Å²) in [6.45, 7) is 5.71. The van der Waals surface area contributed by atoms with Crippen molar-refractivity contribution in [2.45, 2.75) is 64.1 Å². The monoisotopic (exact) mass is 241 g/mol. The van der Waals surface area contributed by atoms with Crippen molar-refractivity contribution in [2.75, 3.05) is 20.6 Å². The van der Waals surface area contributed by atoms with Crippen LogP contribution in [0, 0.1) is 5.92 Å². The lowest BCUT2D eigenvalue weighted by atomic mass is 9.93. The minimum absolute atomic E-state index is 0.429. The molecule has 1 aliphatic carbocycles. The van der Waals surface area contributed by atoms with Crippen molar-refractivity contribution in [1.82, 2.24) is 10.2 Å². The Bertz CT molecular complexity index is 202. The van der Waals surface area contributed by atoms with Gasteiger partial charge in [-0.25, -0.2) is 0 Å². The van der Waals surface area contributed by atoms with E-state index in [1.165, 1.54) is 25.7 Å². The smallest absolute Gasteiger partial charge is 0.0242 e. The molecule has 3 nitrogen and oxygen atoms in total. The largest absolute Gasteiger partial charge is 0.328 e. The Morgan fingerprint density at radius 2 is 1.88 bits per heavy atom. The molecule has 0 amide bonds. The lowest BCUT2D eigenvalue weighted by molar-refractivity contribution is 0.189. The Kier molecular flexibility index (Phi) is 6.45. The van der Waals surface area contributed by atoms with E-state index in [0.29, 0.717) is 18.1 Å². The zero-order chi connectivity index (χ0) is 12.8. The molecule has 0 aliphatic heterocycles. The van der Waals surface area contributed by atoms with Gasteiger partial charge in [0, 0.05) is 24.7 Å². The standard InChI is InChI=1S/C14H31N3/c1-5-11(6-2)14(17(3)4)10-16-13-8-7-12(15)9-13/h11-14,16H,5-10,15H2,1-4H3. The number of nitrogens with zero attached hydrogens (tertiary/aromatic N) is 1. The van der Waals surface area contributed by atoms with Crippen LogP contribution in [0.2, 0.25) is 0 Å². The second kappa shape index (κ2) is 7.34. The van der Waals surface area contributed by atoms with Gasteiger partial charge < -0.3 is 16.0 Å². The van der Waals surface area contributed by atoms with Crippen LogP contribution in [0.15, 0.2) is 0 Å². The summed E-state index contributed by atoms with van der Waals surface area (Å²) in [4.78, 5) is 2.37. The SMILES string of the molecule is CCC(CC)C(CNC1CCC(N)C1)N(C)C. The van der Waals surface area contributed by atoms with Crippen molar-refractivity contribution in [3.63, 3.8) is 0 Å². The first-order valence-electron chi connectivity index (χ1n) is 7.23. The lowest BCUT2D eigenvalue weighted by Crippen LogP contribution is -2.45. The Hall–Kier alpha value is -0.120. The highest BCUT2D eigenvalue weighted by Crippen LogP contribution is 2.20. The Labute approximate surface area is 107 Å². The van der Waals surface area contributed by atoms with Gasteiger partial charge in [0.15, 0.2) is 0 Å². The first-order chi connectivity index (χ1) is 8.08. The van der Waals surface area contributed by atoms with Gasteiger partial charge in [-0.05, 0) is 39.3 Å². The average molecular weight is 241 g/mol. The van der Waals surface area contributed by atoms with Crippen LogP contribution >= 0.6 is 0 Å². The number of nitrogens with one attached hydrogen (secondary N) is 1. The molecule has 0 spiro atoms. The summed E-state index contributed by atoms with van der Waals surface area (Å²) < 4.78 is 0. The van der Waals surface area contributed by atoms with Crippen LogP contribution in [0.25, 0.3) is 0 Å². The third-order valence-electron chi connectivity index (χ3n) is 4.35. The summed E-state index contributed by atoms with van der Waals surface area (Å²) in [5, 5.41) is 3.72. The van der Waals surface area contributed by atoms with E-state index in [1.807, 2.05) is 0 Å². The second-order valence-electron chi connectivity index (χ2n) is 5.79. The molecule has 1 fully saturated rings. The molecule has 3 heteroatoms. The molecule has 3 unspecified atom stereocenters. The molecule has 0 aromatic rings. The molecule has 1 rings (SSSR count). The summed E-state index contributed by atoms with van der Waals surface area (Å²) in [7, 11) is 4.40. The molecule has 102 valence electrons. The fraction of sp³-hybridized carbons (Fsp3) is 1.00. The molecule has 0 radical (unpaired) electrons. The third kappa shape index (κ3) is 4.57. The lowest BCUT2D eigenvalue weighted by Gasteiger charge is -2.32. The maximum atomic E-state index is 5.95. The Morgan fingerprint density at radius 3 is 2.29 bits per heavy atom.